The number of fused-ring (bicyclic) bond motifs is 3. The number of H-pyrrole nitrogens is 1. The third-order valence-electron chi connectivity index (χ3n) is 5.09. The molecule has 1 aliphatic rings. The second-order valence-corrected chi connectivity index (χ2v) is 6.30. The van der Waals surface area contributed by atoms with E-state index in [1.165, 1.54) is 12.1 Å². The van der Waals surface area contributed by atoms with Crippen LogP contribution in [0, 0.1) is 23.1 Å². The molecule has 0 fully saturated rings. The van der Waals surface area contributed by atoms with Crippen LogP contribution in [0.2, 0.25) is 0 Å². The molecule has 24 heavy (non-hydrogen) atoms. The van der Waals surface area contributed by atoms with Crippen LogP contribution in [0.15, 0.2) is 12.1 Å². The lowest BCUT2D eigenvalue weighted by Crippen LogP contribution is -2.43. The van der Waals surface area contributed by atoms with Crippen LogP contribution in [0.1, 0.15) is 43.5 Å². The van der Waals surface area contributed by atoms with Crippen molar-refractivity contribution in [1.82, 2.24) is 4.98 Å². The van der Waals surface area contributed by atoms with E-state index in [0.717, 1.165) is 12.0 Å². The van der Waals surface area contributed by atoms with Crippen molar-refractivity contribution in [2.45, 2.75) is 38.7 Å². The van der Waals surface area contributed by atoms with Crippen molar-refractivity contribution in [2.75, 3.05) is 6.61 Å². The van der Waals surface area contributed by atoms with Gasteiger partial charge in [-0.05, 0) is 30.0 Å². The standard InChI is InChI=1S/C18H19FN2O3/c1-3-10(2)18(8-14(22)23)17-12(6-7-24-18)15-11(9-20)4-5-13(19)16(15)21-17/h4-5,10,21H,3,6-8H2,1-2H3,(H,22,23)/t10-,18-/m1/s1. The first-order valence-corrected chi connectivity index (χ1v) is 8.04. The Morgan fingerprint density at radius 3 is 2.96 bits per heavy atom. The Morgan fingerprint density at radius 1 is 1.58 bits per heavy atom. The van der Waals surface area contributed by atoms with Crippen LogP contribution in [0.4, 0.5) is 4.39 Å². The third-order valence-corrected chi connectivity index (χ3v) is 5.09. The maximum Gasteiger partial charge on any atom is 0.306 e. The molecule has 0 saturated heterocycles. The predicted molar refractivity (Wildman–Crippen MR) is 86.0 cm³/mol. The zero-order valence-corrected chi connectivity index (χ0v) is 13.6. The van der Waals surface area contributed by atoms with Crippen LogP contribution < -0.4 is 0 Å². The number of nitriles is 1. The maximum absolute atomic E-state index is 14.3. The number of halogens is 1. The SMILES string of the molecule is CC[C@@H](C)[C@@]1(CC(=O)O)OCCc2c1[nH]c1c(F)ccc(C#N)c21. The average molecular weight is 330 g/mol. The minimum Gasteiger partial charge on any atom is -0.481 e. The fourth-order valence-corrected chi connectivity index (χ4v) is 3.71. The van der Waals surface area contributed by atoms with Gasteiger partial charge in [-0.15, -0.1) is 0 Å². The zero-order valence-electron chi connectivity index (χ0n) is 13.6. The van der Waals surface area contributed by atoms with E-state index in [1.54, 1.807) is 0 Å². The summed E-state index contributed by atoms with van der Waals surface area (Å²) in [4.78, 5) is 14.5. The smallest absolute Gasteiger partial charge is 0.306 e. The van der Waals surface area contributed by atoms with E-state index in [4.69, 9.17) is 4.74 Å². The lowest BCUT2D eigenvalue weighted by molar-refractivity contribution is -0.155. The molecule has 0 aliphatic carbocycles. The molecule has 1 aromatic carbocycles. The number of aliphatic carboxylic acids is 1. The summed E-state index contributed by atoms with van der Waals surface area (Å²) in [6.07, 6.45) is 1.03. The highest BCUT2D eigenvalue weighted by Crippen LogP contribution is 2.46. The molecule has 0 saturated carbocycles. The van der Waals surface area contributed by atoms with Gasteiger partial charge in [0.1, 0.15) is 11.4 Å². The van der Waals surface area contributed by atoms with Crippen LogP contribution in [-0.4, -0.2) is 22.7 Å². The van der Waals surface area contributed by atoms with Crippen LogP contribution in [-0.2, 0) is 21.6 Å². The largest absolute Gasteiger partial charge is 0.481 e. The van der Waals surface area contributed by atoms with Crippen molar-refractivity contribution in [3.63, 3.8) is 0 Å². The summed E-state index contributed by atoms with van der Waals surface area (Å²) >= 11 is 0. The predicted octanol–water partition coefficient (Wildman–Crippen LogP) is 3.47. The second kappa shape index (κ2) is 5.91. The van der Waals surface area contributed by atoms with Gasteiger partial charge >= 0.3 is 5.97 Å². The molecular weight excluding hydrogens is 311 g/mol. The molecule has 0 amide bonds. The molecule has 2 atom stereocenters. The number of benzene rings is 1. The minimum absolute atomic E-state index is 0.0747. The summed E-state index contributed by atoms with van der Waals surface area (Å²) < 4.78 is 20.3. The first-order chi connectivity index (χ1) is 11.4. The highest BCUT2D eigenvalue weighted by molar-refractivity contribution is 5.91. The molecule has 6 heteroatoms. The summed E-state index contributed by atoms with van der Waals surface area (Å²) in [6, 6.07) is 4.82. The molecule has 0 unspecified atom stereocenters. The number of ether oxygens (including phenoxy) is 1. The van der Waals surface area contributed by atoms with Gasteiger partial charge in [0.05, 0.1) is 35.9 Å². The molecule has 2 aromatic rings. The van der Waals surface area contributed by atoms with Crippen molar-refractivity contribution in [3.8, 4) is 6.07 Å². The molecule has 5 nitrogen and oxygen atoms in total. The van der Waals surface area contributed by atoms with Gasteiger partial charge in [-0.2, -0.15) is 5.26 Å². The number of rotatable bonds is 4. The number of nitrogens with one attached hydrogen (secondary N) is 1. The maximum atomic E-state index is 14.3. The molecule has 126 valence electrons. The number of hydrogen-bond donors (Lipinski definition) is 2. The molecule has 2 heterocycles. The molecule has 0 bridgehead atoms. The molecule has 2 N–H and O–H groups in total. The average Bonchev–Trinajstić information content (AvgIpc) is 2.96. The van der Waals surface area contributed by atoms with Crippen molar-refractivity contribution in [2.24, 2.45) is 5.92 Å². The Morgan fingerprint density at radius 2 is 2.33 bits per heavy atom. The Kier molecular flexibility index (Phi) is 4.06. The van der Waals surface area contributed by atoms with E-state index < -0.39 is 17.4 Å². The van der Waals surface area contributed by atoms with Crippen molar-refractivity contribution < 1.29 is 19.0 Å². The molecule has 3 rings (SSSR count). The van der Waals surface area contributed by atoms with E-state index in [0.29, 0.717) is 29.7 Å². The first-order valence-electron chi connectivity index (χ1n) is 8.04. The molecule has 1 aliphatic heterocycles. The van der Waals surface area contributed by atoms with Crippen molar-refractivity contribution >= 4 is 16.9 Å². The number of nitrogens with zero attached hydrogens (tertiary/aromatic N) is 1. The van der Waals surface area contributed by atoms with E-state index in [-0.39, 0.29) is 17.9 Å². The zero-order chi connectivity index (χ0) is 17.5. The van der Waals surface area contributed by atoms with Gasteiger partial charge in [0.25, 0.3) is 0 Å². The first kappa shape index (κ1) is 16.5. The minimum atomic E-state index is -1.04. The van der Waals surface area contributed by atoms with Crippen LogP contribution in [0.25, 0.3) is 10.9 Å². The molecular formula is C18H19FN2O3. The van der Waals surface area contributed by atoms with Crippen molar-refractivity contribution in [3.05, 3.63) is 34.8 Å². The molecule has 0 spiro atoms. The summed E-state index contributed by atoms with van der Waals surface area (Å²) in [5.74, 6) is -1.50. The Labute approximate surface area is 139 Å². The van der Waals surface area contributed by atoms with Gasteiger partial charge in [0.2, 0.25) is 0 Å². The molecule has 0 radical (unpaired) electrons. The number of carboxylic acid groups (broad SMARTS) is 1. The fourth-order valence-electron chi connectivity index (χ4n) is 3.71. The van der Waals surface area contributed by atoms with Gasteiger partial charge in [-0.3, -0.25) is 4.79 Å². The van der Waals surface area contributed by atoms with Gasteiger partial charge in [-0.1, -0.05) is 20.3 Å². The fraction of sp³-hybridized carbons (Fsp3) is 0.444. The highest BCUT2D eigenvalue weighted by atomic mass is 19.1. The van der Waals surface area contributed by atoms with Crippen LogP contribution >= 0.6 is 0 Å². The summed E-state index contributed by atoms with van der Waals surface area (Å²) in [5.41, 5.74) is 1.00. The van der Waals surface area contributed by atoms with Gasteiger partial charge in [0, 0.05) is 5.39 Å². The van der Waals surface area contributed by atoms with Crippen molar-refractivity contribution in [1.29, 1.82) is 5.26 Å². The van der Waals surface area contributed by atoms with Crippen LogP contribution in [0.5, 0.6) is 0 Å². The van der Waals surface area contributed by atoms with E-state index in [1.807, 2.05) is 13.8 Å². The highest BCUT2D eigenvalue weighted by Gasteiger charge is 2.46. The number of aromatic nitrogens is 1. The lowest BCUT2D eigenvalue weighted by Gasteiger charge is -2.40. The molecule has 1 aromatic heterocycles. The Bertz CT molecular complexity index is 852. The number of aromatic amines is 1. The normalized spacial score (nSPS) is 21.2. The summed E-state index contributed by atoms with van der Waals surface area (Å²) in [5, 5.41) is 19.3. The Hall–Kier alpha value is -2.39. The van der Waals surface area contributed by atoms with Gasteiger partial charge < -0.3 is 14.8 Å². The van der Waals surface area contributed by atoms with Crippen LogP contribution in [0.3, 0.4) is 0 Å². The number of carbonyl (C=O) groups is 1. The second-order valence-electron chi connectivity index (χ2n) is 6.30. The number of hydrogen-bond acceptors (Lipinski definition) is 3. The Balaban J connectivity index is 2.34. The van der Waals surface area contributed by atoms with Gasteiger partial charge in [0.15, 0.2) is 0 Å². The summed E-state index contributed by atoms with van der Waals surface area (Å²) in [7, 11) is 0. The van der Waals surface area contributed by atoms with Gasteiger partial charge in [-0.25, -0.2) is 4.39 Å². The van der Waals surface area contributed by atoms with E-state index in [2.05, 4.69) is 11.1 Å². The van der Waals surface area contributed by atoms with E-state index in [9.17, 15) is 19.6 Å². The van der Waals surface area contributed by atoms with E-state index >= 15 is 0 Å². The monoisotopic (exact) mass is 330 g/mol. The quantitative estimate of drug-likeness (QED) is 0.899. The summed E-state index contributed by atoms with van der Waals surface area (Å²) in [6.45, 7) is 4.25. The number of carboxylic acids is 1. The third kappa shape index (κ3) is 2.28. The topological polar surface area (TPSA) is 86.1 Å². The lowest BCUT2D eigenvalue weighted by atomic mass is 9.77.